The van der Waals surface area contributed by atoms with Gasteiger partial charge < -0.3 is 4.90 Å². The fourth-order valence-electron chi connectivity index (χ4n) is 1.88. The van der Waals surface area contributed by atoms with Crippen LogP contribution in [0.1, 0.15) is 12.5 Å². The van der Waals surface area contributed by atoms with E-state index in [9.17, 15) is 9.59 Å². The maximum absolute atomic E-state index is 11.7. The first-order chi connectivity index (χ1) is 9.60. The summed E-state index contributed by atoms with van der Waals surface area (Å²) in [6.07, 6.45) is 5.36. The van der Waals surface area contributed by atoms with Gasteiger partial charge >= 0.3 is 6.03 Å². The fraction of sp³-hybridized carbons (Fsp3) is 0.200. The molecule has 1 heterocycles. The van der Waals surface area contributed by atoms with Gasteiger partial charge in [-0.2, -0.15) is 0 Å². The third-order valence-corrected chi connectivity index (χ3v) is 3.21. The van der Waals surface area contributed by atoms with Crippen molar-refractivity contribution in [3.8, 4) is 0 Å². The van der Waals surface area contributed by atoms with Gasteiger partial charge in [0.25, 0.3) is 5.91 Å². The van der Waals surface area contributed by atoms with Gasteiger partial charge in [-0.05, 0) is 24.6 Å². The average molecular weight is 291 g/mol. The van der Waals surface area contributed by atoms with E-state index in [4.69, 9.17) is 11.6 Å². The minimum absolute atomic E-state index is 0.334. The summed E-state index contributed by atoms with van der Waals surface area (Å²) >= 11 is 5.89. The molecule has 0 aromatic heterocycles. The van der Waals surface area contributed by atoms with E-state index < -0.39 is 0 Å². The molecular weight excluding hydrogens is 276 g/mol. The van der Waals surface area contributed by atoms with Crippen LogP contribution in [0.3, 0.4) is 0 Å². The molecule has 0 bridgehead atoms. The van der Waals surface area contributed by atoms with Crippen LogP contribution in [0, 0.1) is 0 Å². The van der Waals surface area contributed by atoms with Crippen molar-refractivity contribution in [3.63, 3.8) is 0 Å². The summed E-state index contributed by atoms with van der Waals surface area (Å²) in [6.45, 7) is 2.77. The first-order valence-corrected chi connectivity index (χ1v) is 6.71. The molecule has 1 saturated heterocycles. The highest BCUT2D eigenvalue weighted by molar-refractivity contribution is 6.30. The van der Waals surface area contributed by atoms with E-state index in [0.717, 1.165) is 5.56 Å². The third kappa shape index (κ3) is 3.48. The molecule has 0 saturated carbocycles. The zero-order chi connectivity index (χ0) is 14.5. The van der Waals surface area contributed by atoms with Crippen LogP contribution >= 0.6 is 11.6 Å². The van der Waals surface area contributed by atoms with Gasteiger partial charge in [0.2, 0.25) is 0 Å². The van der Waals surface area contributed by atoms with E-state index >= 15 is 0 Å². The van der Waals surface area contributed by atoms with Crippen LogP contribution in [0.4, 0.5) is 4.79 Å². The lowest BCUT2D eigenvalue weighted by Crippen LogP contribution is -2.50. The Morgan fingerprint density at radius 1 is 1.40 bits per heavy atom. The summed E-state index contributed by atoms with van der Waals surface area (Å²) in [5, 5.41) is 2.98. The number of imide groups is 1. The summed E-state index contributed by atoms with van der Waals surface area (Å²) < 4.78 is 0. The van der Waals surface area contributed by atoms with Crippen molar-refractivity contribution >= 4 is 29.6 Å². The van der Waals surface area contributed by atoms with Gasteiger partial charge in [-0.15, -0.1) is 0 Å². The number of nitrogens with one attached hydrogen (secondary N) is 1. The van der Waals surface area contributed by atoms with E-state index in [0.29, 0.717) is 23.7 Å². The molecule has 104 valence electrons. The maximum atomic E-state index is 11.7. The molecule has 1 fully saturated rings. The van der Waals surface area contributed by atoms with E-state index in [2.05, 4.69) is 5.32 Å². The van der Waals surface area contributed by atoms with Crippen molar-refractivity contribution in [2.24, 2.45) is 0 Å². The molecule has 5 heteroatoms. The van der Waals surface area contributed by atoms with Crippen molar-refractivity contribution in [3.05, 3.63) is 52.6 Å². The molecule has 1 aliphatic rings. The van der Waals surface area contributed by atoms with E-state index in [1.165, 1.54) is 0 Å². The standard InChI is InChI=1S/C15H15ClN2O2/c1-2-18-10-12(14(19)17-15(18)20)7-3-5-11-6-4-8-13(16)9-11/h3-9H,2,10H2,1H3,(H,17,19,20)/b5-3+,12-7-. The number of carbonyl (C=O) groups is 2. The van der Waals surface area contributed by atoms with Gasteiger partial charge in [0, 0.05) is 17.1 Å². The molecule has 4 nitrogen and oxygen atoms in total. The van der Waals surface area contributed by atoms with Gasteiger partial charge in [0.1, 0.15) is 0 Å². The number of benzene rings is 1. The number of likely N-dealkylation sites (N-methyl/N-ethyl adjacent to an activating group) is 1. The quantitative estimate of drug-likeness (QED) is 0.870. The number of urea groups is 1. The second kappa shape index (κ2) is 6.39. The van der Waals surface area contributed by atoms with Crippen molar-refractivity contribution in [2.75, 3.05) is 13.1 Å². The van der Waals surface area contributed by atoms with Crippen LogP contribution in [-0.2, 0) is 4.79 Å². The van der Waals surface area contributed by atoms with Crippen molar-refractivity contribution in [1.29, 1.82) is 0 Å². The molecule has 0 spiro atoms. The van der Waals surface area contributed by atoms with E-state index in [-0.39, 0.29) is 11.9 Å². The zero-order valence-corrected chi connectivity index (χ0v) is 11.9. The summed E-state index contributed by atoms with van der Waals surface area (Å²) in [5.74, 6) is -0.338. The Morgan fingerprint density at radius 3 is 2.90 bits per heavy atom. The normalized spacial score (nSPS) is 17.9. The number of carbonyl (C=O) groups excluding carboxylic acids is 2. The van der Waals surface area contributed by atoms with Crippen molar-refractivity contribution in [2.45, 2.75) is 6.92 Å². The Morgan fingerprint density at radius 2 is 2.20 bits per heavy atom. The Kier molecular flexibility index (Phi) is 4.58. The predicted octanol–water partition coefficient (Wildman–Crippen LogP) is 2.85. The summed E-state index contributed by atoms with van der Waals surface area (Å²) in [4.78, 5) is 24.7. The van der Waals surface area contributed by atoms with Gasteiger partial charge in [-0.1, -0.05) is 42.0 Å². The highest BCUT2D eigenvalue weighted by Gasteiger charge is 2.25. The molecule has 1 aromatic carbocycles. The average Bonchev–Trinajstić information content (AvgIpc) is 2.41. The van der Waals surface area contributed by atoms with Crippen LogP contribution in [0.2, 0.25) is 5.02 Å². The van der Waals surface area contributed by atoms with Gasteiger partial charge in [-0.3, -0.25) is 10.1 Å². The Hall–Kier alpha value is -2.07. The largest absolute Gasteiger partial charge is 0.324 e. The highest BCUT2D eigenvalue weighted by atomic mass is 35.5. The SMILES string of the molecule is CCN1C/C(=C/C=C/c2cccc(Cl)c2)C(=O)NC1=O. The maximum Gasteiger partial charge on any atom is 0.324 e. The van der Waals surface area contributed by atoms with Crippen LogP contribution in [0.25, 0.3) is 6.08 Å². The second-order valence-corrected chi connectivity index (χ2v) is 4.82. The van der Waals surface area contributed by atoms with Gasteiger partial charge in [0.15, 0.2) is 0 Å². The minimum Gasteiger partial charge on any atom is -0.320 e. The lowest BCUT2D eigenvalue weighted by Gasteiger charge is -2.26. The lowest BCUT2D eigenvalue weighted by molar-refractivity contribution is -0.117. The topological polar surface area (TPSA) is 49.4 Å². The zero-order valence-electron chi connectivity index (χ0n) is 11.1. The number of hydrogen-bond donors (Lipinski definition) is 1. The molecule has 1 N–H and O–H groups in total. The summed E-state index contributed by atoms with van der Waals surface area (Å²) in [5.41, 5.74) is 1.51. The molecule has 0 radical (unpaired) electrons. The smallest absolute Gasteiger partial charge is 0.320 e. The fourth-order valence-corrected chi connectivity index (χ4v) is 2.07. The molecule has 0 atom stereocenters. The molecule has 20 heavy (non-hydrogen) atoms. The molecule has 1 aliphatic heterocycles. The predicted molar refractivity (Wildman–Crippen MR) is 79.4 cm³/mol. The molecule has 0 aliphatic carbocycles. The van der Waals surface area contributed by atoms with Crippen LogP contribution < -0.4 is 5.32 Å². The molecule has 2 rings (SSSR count). The number of rotatable bonds is 3. The van der Waals surface area contributed by atoms with E-state index in [1.54, 1.807) is 23.1 Å². The Balaban J connectivity index is 2.10. The third-order valence-electron chi connectivity index (χ3n) is 2.98. The molecular formula is C15H15ClN2O2. The van der Waals surface area contributed by atoms with Crippen LogP contribution in [-0.4, -0.2) is 29.9 Å². The number of hydrogen-bond acceptors (Lipinski definition) is 2. The number of allylic oxidation sites excluding steroid dienone is 2. The highest BCUT2D eigenvalue weighted by Crippen LogP contribution is 2.12. The van der Waals surface area contributed by atoms with Crippen molar-refractivity contribution in [1.82, 2.24) is 10.2 Å². The Labute approximate surface area is 122 Å². The van der Waals surface area contributed by atoms with Crippen LogP contribution in [0.15, 0.2) is 42.0 Å². The first kappa shape index (κ1) is 14.3. The number of amides is 3. The second-order valence-electron chi connectivity index (χ2n) is 4.38. The van der Waals surface area contributed by atoms with E-state index in [1.807, 2.05) is 31.2 Å². The molecule has 0 unspecified atom stereocenters. The molecule has 3 amide bonds. The summed E-state index contributed by atoms with van der Waals surface area (Å²) in [6, 6.07) is 7.08. The van der Waals surface area contributed by atoms with Crippen LogP contribution in [0.5, 0.6) is 0 Å². The number of halogens is 1. The van der Waals surface area contributed by atoms with Crippen molar-refractivity contribution < 1.29 is 9.59 Å². The minimum atomic E-state index is -0.339. The van der Waals surface area contributed by atoms with Gasteiger partial charge in [0.05, 0.1) is 6.54 Å². The first-order valence-electron chi connectivity index (χ1n) is 6.33. The molecule has 1 aromatic rings. The van der Waals surface area contributed by atoms with Gasteiger partial charge in [-0.25, -0.2) is 4.79 Å². The Bertz CT molecular complexity index is 593. The monoisotopic (exact) mass is 290 g/mol. The number of nitrogens with zero attached hydrogens (tertiary/aromatic N) is 1. The summed E-state index contributed by atoms with van der Waals surface area (Å²) in [7, 11) is 0. The lowest BCUT2D eigenvalue weighted by atomic mass is 10.1.